The number of nitrogens with zero attached hydrogens (tertiary/aromatic N) is 2. The van der Waals surface area contributed by atoms with Gasteiger partial charge in [0.05, 0.1) is 16.9 Å². The van der Waals surface area contributed by atoms with Gasteiger partial charge in [0, 0.05) is 11.8 Å². The largest absolute Gasteiger partial charge is 0.416 e. The molecule has 0 saturated carbocycles. The topological polar surface area (TPSA) is 102 Å². The highest BCUT2D eigenvalue weighted by molar-refractivity contribution is 5.73. The third-order valence-corrected chi connectivity index (χ3v) is 3.53. The van der Waals surface area contributed by atoms with E-state index in [2.05, 4.69) is 20.6 Å². The van der Waals surface area contributed by atoms with Gasteiger partial charge in [-0.3, -0.25) is 0 Å². The number of nitrogen functional groups attached to an aromatic ring is 2. The second kappa shape index (κ2) is 6.98. The van der Waals surface area contributed by atoms with E-state index in [0.29, 0.717) is 5.69 Å². The van der Waals surface area contributed by atoms with E-state index in [4.69, 9.17) is 11.5 Å². The van der Waals surface area contributed by atoms with Gasteiger partial charge in [0.1, 0.15) is 17.5 Å². The first-order chi connectivity index (χ1) is 12.7. The van der Waals surface area contributed by atoms with Crippen molar-refractivity contribution < 1.29 is 17.6 Å². The Kier molecular flexibility index (Phi) is 4.72. The summed E-state index contributed by atoms with van der Waals surface area (Å²) in [7, 11) is 0. The van der Waals surface area contributed by atoms with Gasteiger partial charge in [0.15, 0.2) is 0 Å². The summed E-state index contributed by atoms with van der Waals surface area (Å²) in [6, 6.07) is 10.00. The Balaban J connectivity index is 1.82. The fourth-order valence-corrected chi connectivity index (χ4v) is 2.24. The van der Waals surface area contributed by atoms with Gasteiger partial charge in [0.25, 0.3) is 0 Å². The van der Waals surface area contributed by atoms with Crippen molar-refractivity contribution >= 4 is 34.6 Å². The highest BCUT2D eigenvalue weighted by Gasteiger charge is 2.29. The maximum Gasteiger partial charge on any atom is 0.416 e. The molecule has 0 fully saturated rings. The van der Waals surface area contributed by atoms with Crippen LogP contribution in [-0.4, -0.2) is 9.97 Å². The lowest BCUT2D eigenvalue weighted by Gasteiger charge is -2.12. The smallest absolute Gasteiger partial charge is 0.395 e. The molecule has 0 unspecified atom stereocenters. The Morgan fingerprint density at radius 1 is 0.889 bits per heavy atom. The first-order valence-corrected chi connectivity index (χ1v) is 7.62. The minimum atomic E-state index is -4.42. The summed E-state index contributed by atoms with van der Waals surface area (Å²) in [4.78, 5) is 8.12. The van der Waals surface area contributed by atoms with Gasteiger partial charge in [-0.05, 0) is 36.4 Å². The Morgan fingerprint density at radius 3 is 2.26 bits per heavy atom. The van der Waals surface area contributed by atoms with Crippen LogP contribution < -0.4 is 22.1 Å². The first kappa shape index (κ1) is 18.2. The highest BCUT2D eigenvalue weighted by Crippen LogP contribution is 2.30. The number of hydrogen-bond donors (Lipinski definition) is 4. The lowest BCUT2D eigenvalue weighted by atomic mass is 10.2. The summed E-state index contributed by atoms with van der Waals surface area (Å²) < 4.78 is 51.4. The van der Waals surface area contributed by atoms with Crippen LogP contribution in [0.15, 0.2) is 48.5 Å². The predicted molar refractivity (Wildman–Crippen MR) is 95.3 cm³/mol. The molecule has 0 aliphatic rings. The number of para-hydroxylation sites is 1. The van der Waals surface area contributed by atoms with Crippen molar-refractivity contribution in [3.8, 4) is 0 Å². The van der Waals surface area contributed by atoms with E-state index in [0.717, 1.165) is 12.1 Å². The van der Waals surface area contributed by atoms with Gasteiger partial charge in [-0.2, -0.15) is 23.1 Å². The van der Waals surface area contributed by atoms with Gasteiger partial charge in [-0.15, -0.1) is 0 Å². The molecule has 0 saturated heterocycles. The molecule has 1 aromatic heterocycles. The van der Waals surface area contributed by atoms with Crippen molar-refractivity contribution in [3.63, 3.8) is 0 Å². The van der Waals surface area contributed by atoms with Gasteiger partial charge in [0.2, 0.25) is 5.95 Å². The maximum atomic E-state index is 13.5. The summed E-state index contributed by atoms with van der Waals surface area (Å²) in [5.41, 5.74) is 11.2. The molecule has 6 nitrogen and oxygen atoms in total. The number of nitrogens with one attached hydrogen (secondary N) is 2. The average molecular weight is 378 g/mol. The summed E-state index contributed by atoms with van der Waals surface area (Å²) in [6.45, 7) is 0. The molecule has 0 aliphatic carbocycles. The van der Waals surface area contributed by atoms with Crippen molar-refractivity contribution in [2.24, 2.45) is 0 Å². The number of hydrogen-bond acceptors (Lipinski definition) is 6. The average Bonchev–Trinajstić information content (AvgIpc) is 2.58. The lowest BCUT2D eigenvalue weighted by Crippen LogP contribution is -2.06. The van der Waals surface area contributed by atoms with Gasteiger partial charge >= 0.3 is 6.18 Å². The standard InChI is InChI=1S/C17H14F4N6/c18-11-2-1-3-12(15(11)23)25-14-8-13(22)26-16(27-14)24-10-6-4-9(5-7-10)17(19,20)21/h1-8H,23H2,(H4,22,24,25,26,27). The summed E-state index contributed by atoms with van der Waals surface area (Å²) in [5.74, 6) is -0.219. The van der Waals surface area contributed by atoms with E-state index in [1.165, 1.54) is 30.3 Å². The normalized spacial score (nSPS) is 11.3. The number of benzene rings is 2. The monoisotopic (exact) mass is 378 g/mol. The molecule has 10 heteroatoms. The first-order valence-electron chi connectivity index (χ1n) is 7.62. The molecule has 0 amide bonds. The zero-order chi connectivity index (χ0) is 19.6. The molecule has 0 atom stereocenters. The number of anilines is 6. The van der Waals surface area contributed by atoms with Crippen molar-refractivity contribution in [2.45, 2.75) is 6.18 Å². The van der Waals surface area contributed by atoms with Gasteiger partial charge < -0.3 is 22.1 Å². The number of halogens is 4. The fourth-order valence-electron chi connectivity index (χ4n) is 2.24. The molecule has 3 aromatic rings. The summed E-state index contributed by atoms with van der Waals surface area (Å²) in [5, 5.41) is 5.58. The Hall–Kier alpha value is -3.56. The molecule has 3 rings (SSSR count). The predicted octanol–water partition coefficient (Wildman–Crippen LogP) is 4.29. The molecule has 1 heterocycles. The Morgan fingerprint density at radius 2 is 1.59 bits per heavy atom. The third-order valence-electron chi connectivity index (χ3n) is 3.53. The van der Waals surface area contributed by atoms with E-state index >= 15 is 0 Å². The van der Waals surface area contributed by atoms with Crippen molar-refractivity contribution in [2.75, 3.05) is 22.1 Å². The van der Waals surface area contributed by atoms with Crippen LogP contribution in [0.5, 0.6) is 0 Å². The molecule has 27 heavy (non-hydrogen) atoms. The second-order valence-corrected chi connectivity index (χ2v) is 5.53. The molecule has 0 radical (unpaired) electrons. The van der Waals surface area contributed by atoms with E-state index in [1.807, 2.05) is 0 Å². The Labute approximate surface area is 151 Å². The third kappa shape index (κ3) is 4.35. The van der Waals surface area contributed by atoms with Crippen LogP contribution in [0.25, 0.3) is 0 Å². The van der Waals surface area contributed by atoms with E-state index in [9.17, 15) is 17.6 Å². The second-order valence-electron chi connectivity index (χ2n) is 5.53. The van der Waals surface area contributed by atoms with E-state index in [1.54, 1.807) is 6.07 Å². The van der Waals surface area contributed by atoms with Crippen LogP contribution in [0.2, 0.25) is 0 Å². The van der Waals surface area contributed by atoms with Crippen LogP contribution in [0, 0.1) is 5.82 Å². The molecule has 0 aliphatic heterocycles. The van der Waals surface area contributed by atoms with Crippen LogP contribution in [0.4, 0.5) is 52.2 Å². The quantitative estimate of drug-likeness (QED) is 0.399. The molecular weight excluding hydrogens is 364 g/mol. The summed E-state index contributed by atoms with van der Waals surface area (Å²) >= 11 is 0. The van der Waals surface area contributed by atoms with Crippen molar-refractivity contribution in [1.29, 1.82) is 0 Å². The highest BCUT2D eigenvalue weighted by atomic mass is 19.4. The van der Waals surface area contributed by atoms with Gasteiger partial charge in [-0.25, -0.2) is 4.39 Å². The maximum absolute atomic E-state index is 13.5. The number of alkyl halides is 3. The SMILES string of the molecule is Nc1cc(Nc2cccc(F)c2N)nc(Nc2ccc(C(F)(F)F)cc2)n1. The van der Waals surface area contributed by atoms with Crippen LogP contribution in [-0.2, 0) is 6.18 Å². The number of rotatable bonds is 4. The van der Waals surface area contributed by atoms with Crippen molar-refractivity contribution in [3.05, 3.63) is 59.9 Å². The van der Waals surface area contributed by atoms with Gasteiger partial charge in [-0.1, -0.05) is 6.07 Å². The lowest BCUT2D eigenvalue weighted by molar-refractivity contribution is -0.137. The Bertz CT molecular complexity index is 957. The number of nitrogens with two attached hydrogens (primary N) is 2. The molecule has 0 spiro atoms. The van der Waals surface area contributed by atoms with Crippen LogP contribution in [0.1, 0.15) is 5.56 Å². The van der Waals surface area contributed by atoms with Crippen molar-refractivity contribution in [1.82, 2.24) is 9.97 Å². The summed E-state index contributed by atoms with van der Waals surface area (Å²) in [6.07, 6.45) is -4.42. The molecule has 0 bridgehead atoms. The number of aromatic nitrogens is 2. The zero-order valence-corrected chi connectivity index (χ0v) is 13.7. The minimum absolute atomic E-state index is 0.0484. The van der Waals surface area contributed by atoms with Crippen LogP contribution >= 0.6 is 0 Å². The molecular formula is C17H14F4N6. The minimum Gasteiger partial charge on any atom is -0.395 e. The zero-order valence-electron chi connectivity index (χ0n) is 13.7. The van der Waals surface area contributed by atoms with E-state index in [-0.39, 0.29) is 29.0 Å². The molecule has 6 N–H and O–H groups in total. The fraction of sp³-hybridized carbons (Fsp3) is 0.0588. The molecule has 2 aromatic carbocycles. The molecule has 140 valence electrons. The van der Waals surface area contributed by atoms with E-state index < -0.39 is 17.6 Å². The van der Waals surface area contributed by atoms with Crippen LogP contribution in [0.3, 0.4) is 0 Å².